The van der Waals surface area contributed by atoms with Gasteiger partial charge in [-0.3, -0.25) is 4.98 Å². The first kappa shape index (κ1) is 22.2. The Balaban J connectivity index is 0.00000256. The summed E-state index contributed by atoms with van der Waals surface area (Å²) in [5, 5.41) is 11.4. The van der Waals surface area contributed by atoms with Gasteiger partial charge in [0.25, 0.3) is 0 Å². The van der Waals surface area contributed by atoms with Gasteiger partial charge in [-0.2, -0.15) is 5.10 Å². The number of benzene rings is 1. The van der Waals surface area contributed by atoms with Crippen LogP contribution < -0.4 is 10.6 Å². The van der Waals surface area contributed by atoms with Crippen LogP contribution in [-0.4, -0.2) is 38.3 Å². The molecule has 0 saturated carbocycles. The van der Waals surface area contributed by atoms with E-state index in [0.717, 1.165) is 60.4 Å². The molecule has 3 aromatic rings. The molecule has 158 valence electrons. The summed E-state index contributed by atoms with van der Waals surface area (Å²) in [6, 6.07) is 14.7. The second-order valence-corrected chi connectivity index (χ2v) is 7.25. The summed E-state index contributed by atoms with van der Waals surface area (Å²) in [6.07, 6.45) is 3.78. The third-order valence-electron chi connectivity index (χ3n) is 4.96. The molecule has 4 rings (SSSR count). The Morgan fingerprint density at radius 1 is 1.23 bits per heavy atom. The summed E-state index contributed by atoms with van der Waals surface area (Å²) >= 11 is 0. The number of fused-ring (bicyclic) bond motifs is 1. The maximum Gasteiger partial charge on any atom is 0.191 e. The molecule has 7 nitrogen and oxygen atoms in total. The van der Waals surface area contributed by atoms with Crippen LogP contribution in [0.4, 0.5) is 0 Å². The molecular formula is C22H28IN7. The van der Waals surface area contributed by atoms with Crippen LogP contribution in [0.15, 0.2) is 53.7 Å². The van der Waals surface area contributed by atoms with Crippen molar-refractivity contribution in [1.29, 1.82) is 0 Å². The number of hydrogen-bond acceptors (Lipinski definition) is 4. The number of aliphatic imine (C=N–C) groups is 1. The average Bonchev–Trinajstić information content (AvgIpc) is 3.12. The number of aryl methyl sites for hydroxylation is 2. The van der Waals surface area contributed by atoms with Crippen LogP contribution in [0.2, 0.25) is 0 Å². The fourth-order valence-electron chi connectivity index (χ4n) is 3.60. The van der Waals surface area contributed by atoms with Gasteiger partial charge in [-0.25, -0.2) is 14.7 Å². The molecule has 0 bridgehead atoms. The number of rotatable bonds is 5. The first-order valence-electron chi connectivity index (χ1n) is 10.2. The van der Waals surface area contributed by atoms with Gasteiger partial charge in [-0.15, -0.1) is 24.0 Å². The quantitative estimate of drug-likeness (QED) is 0.309. The van der Waals surface area contributed by atoms with E-state index in [1.807, 2.05) is 36.0 Å². The van der Waals surface area contributed by atoms with E-state index < -0.39 is 0 Å². The van der Waals surface area contributed by atoms with E-state index in [2.05, 4.69) is 56.9 Å². The molecule has 2 aromatic heterocycles. The third kappa shape index (κ3) is 5.56. The van der Waals surface area contributed by atoms with Crippen LogP contribution in [0.5, 0.6) is 0 Å². The van der Waals surface area contributed by atoms with Gasteiger partial charge in [0.05, 0.1) is 18.8 Å². The number of guanidine groups is 1. The minimum absolute atomic E-state index is 0. The summed E-state index contributed by atoms with van der Waals surface area (Å²) in [5.41, 5.74) is 3.24. The second kappa shape index (κ2) is 10.5. The van der Waals surface area contributed by atoms with E-state index in [9.17, 15) is 0 Å². The highest BCUT2D eigenvalue weighted by Gasteiger charge is 2.21. The molecule has 30 heavy (non-hydrogen) atoms. The molecule has 1 atom stereocenters. The molecular weight excluding hydrogens is 489 g/mol. The van der Waals surface area contributed by atoms with Crippen molar-refractivity contribution in [2.45, 2.75) is 45.8 Å². The summed E-state index contributed by atoms with van der Waals surface area (Å²) < 4.78 is 2.01. The SMILES string of the molecule is CCNC(=NCc1cccc(-c2ccccn2)c1)NC1CCc2nc(C)nn2C1.I. The molecule has 0 saturated heterocycles. The molecule has 0 radical (unpaired) electrons. The molecule has 0 aliphatic carbocycles. The lowest BCUT2D eigenvalue weighted by atomic mass is 10.1. The van der Waals surface area contributed by atoms with Gasteiger partial charge < -0.3 is 10.6 Å². The number of pyridine rings is 1. The summed E-state index contributed by atoms with van der Waals surface area (Å²) in [4.78, 5) is 13.7. The van der Waals surface area contributed by atoms with E-state index in [0.29, 0.717) is 12.6 Å². The number of nitrogens with one attached hydrogen (secondary N) is 2. The molecule has 1 aromatic carbocycles. The van der Waals surface area contributed by atoms with Gasteiger partial charge in [0.1, 0.15) is 11.6 Å². The maximum atomic E-state index is 4.80. The lowest BCUT2D eigenvalue weighted by molar-refractivity contribution is 0.392. The molecule has 2 N–H and O–H groups in total. The minimum Gasteiger partial charge on any atom is -0.357 e. The lowest BCUT2D eigenvalue weighted by Gasteiger charge is -2.25. The molecule has 1 unspecified atom stereocenters. The number of halogens is 1. The minimum atomic E-state index is 0. The lowest BCUT2D eigenvalue weighted by Crippen LogP contribution is -2.47. The van der Waals surface area contributed by atoms with Crippen molar-refractivity contribution in [1.82, 2.24) is 30.4 Å². The fraction of sp³-hybridized carbons (Fsp3) is 0.364. The summed E-state index contributed by atoms with van der Waals surface area (Å²) in [6.45, 7) is 6.27. The van der Waals surface area contributed by atoms with E-state index >= 15 is 0 Å². The zero-order chi connectivity index (χ0) is 20.1. The van der Waals surface area contributed by atoms with Gasteiger partial charge in [0.2, 0.25) is 0 Å². The predicted octanol–water partition coefficient (Wildman–Crippen LogP) is 3.34. The largest absolute Gasteiger partial charge is 0.357 e. The highest BCUT2D eigenvalue weighted by atomic mass is 127. The number of nitrogens with zero attached hydrogens (tertiary/aromatic N) is 5. The molecule has 1 aliphatic rings. The Labute approximate surface area is 194 Å². The van der Waals surface area contributed by atoms with Crippen LogP contribution in [-0.2, 0) is 19.5 Å². The van der Waals surface area contributed by atoms with Crippen LogP contribution in [0.1, 0.15) is 30.6 Å². The second-order valence-electron chi connectivity index (χ2n) is 7.25. The Kier molecular flexibility index (Phi) is 7.78. The summed E-state index contributed by atoms with van der Waals surface area (Å²) in [5.74, 6) is 2.75. The Hall–Kier alpha value is -2.49. The van der Waals surface area contributed by atoms with E-state index in [4.69, 9.17) is 4.99 Å². The third-order valence-corrected chi connectivity index (χ3v) is 4.96. The van der Waals surface area contributed by atoms with E-state index in [-0.39, 0.29) is 24.0 Å². The Morgan fingerprint density at radius 3 is 2.93 bits per heavy atom. The van der Waals surface area contributed by atoms with Crippen LogP contribution >= 0.6 is 24.0 Å². The molecule has 0 fully saturated rings. The number of aromatic nitrogens is 4. The first-order valence-corrected chi connectivity index (χ1v) is 10.2. The Morgan fingerprint density at radius 2 is 2.13 bits per heavy atom. The Bertz CT molecular complexity index is 984. The van der Waals surface area contributed by atoms with Gasteiger partial charge >= 0.3 is 0 Å². The van der Waals surface area contributed by atoms with E-state index in [1.165, 1.54) is 0 Å². The number of hydrogen-bond donors (Lipinski definition) is 2. The van der Waals surface area contributed by atoms with Crippen LogP contribution in [0.25, 0.3) is 11.3 Å². The topological polar surface area (TPSA) is 80.0 Å². The molecule has 3 heterocycles. The smallest absolute Gasteiger partial charge is 0.191 e. The summed E-state index contributed by atoms with van der Waals surface area (Å²) in [7, 11) is 0. The highest BCUT2D eigenvalue weighted by molar-refractivity contribution is 14.0. The fourth-order valence-corrected chi connectivity index (χ4v) is 3.60. The monoisotopic (exact) mass is 517 g/mol. The van der Waals surface area contributed by atoms with Crippen molar-refractivity contribution >= 4 is 29.9 Å². The zero-order valence-corrected chi connectivity index (χ0v) is 19.7. The van der Waals surface area contributed by atoms with Crippen molar-refractivity contribution in [2.75, 3.05) is 6.54 Å². The van der Waals surface area contributed by atoms with Gasteiger partial charge in [0.15, 0.2) is 5.96 Å². The molecule has 0 spiro atoms. The van der Waals surface area contributed by atoms with Crippen LogP contribution in [0, 0.1) is 6.92 Å². The van der Waals surface area contributed by atoms with Crippen molar-refractivity contribution in [3.05, 3.63) is 65.9 Å². The zero-order valence-electron chi connectivity index (χ0n) is 17.4. The normalized spacial score (nSPS) is 15.8. The first-order chi connectivity index (χ1) is 14.2. The van der Waals surface area contributed by atoms with E-state index in [1.54, 1.807) is 0 Å². The molecule has 0 amide bonds. The van der Waals surface area contributed by atoms with Gasteiger partial charge in [0, 0.05) is 30.8 Å². The predicted molar refractivity (Wildman–Crippen MR) is 130 cm³/mol. The van der Waals surface area contributed by atoms with Gasteiger partial charge in [-0.1, -0.05) is 24.3 Å². The molecule has 8 heteroatoms. The molecule has 1 aliphatic heterocycles. The maximum absolute atomic E-state index is 4.80. The van der Waals surface area contributed by atoms with Crippen molar-refractivity contribution < 1.29 is 0 Å². The van der Waals surface area contributed by atoms with Crippen molar-refractivity contribution in [3.63, 3.8) is 0 Å². The van der Waals surface area contributed by atoms with Crippen LogP contribution in [0.3, 0.4) is 0 Å². The average molecular weight is 517 g/mol. The van der Waals surface area contributed by atoms with Crippen molar-refractivity contribution in [3.8, 4) is 11.3 Å². The van der Waals surface area contributed by atoms with Crippen molar-refractivity contribution in [2.24, 2.45) is 4.99 Å². The van der Waals surface area contributed by atoms with Gasteiger partial charge in [-0.05, 0) is 44.0 Å². The standard InChI is InChI=1S/C22H27N7.HI/c1-3-23-22(27-19-10-11-21-26-16(2)28-29(21)15-19)25-14-17-7-6-8-18(13-17)20-9-4-5-12-24-20;/h4-9,12-13,19H,3,10-11,14-15H2,1-2H3,(H2,23,25,27);1H. The highest BCUT2D eigenvalue weighted by Crippen LogP contribution is 2.18.